The number of rotatable bonds is 6. The molecule has 3 rings (SSSR count). The molecule has 1 saturated heterocycles. The van der Waals surface area contributed by atoms with Crippen LogP contribution >= 0.6 is 0 Å². The predicted octanol–water partition coefficient (Wildman–Crippen LogP) is -0.426. The second-order valence-corrected chi connectivity index (χ2v) is 6.32. The lowest BCUT2D eigenvalue weighted by Gasteiger charge is -2.15. The Balaban J connectivity index is 1.49. The molecule has 7 heteroatoms. The average molecular weight is 334 g/mol. The molecule has 2 amide bonds. The summed E-state index contributed by atoms with van der Waals surface area (Å²) in [6.07, 6.45) is -1.83. The first-order chi connectivity index (χ1) is 11.5. The number of carbonyl (C=O) groups is 2. The molecular weight excluding hydrogens is 312 g/mol. The summed E-state index contributed by atoms with van der Waals surface area (Å²) in [5.41, 5.74) is 0.505. The first-order valence-corrected chi connectivity index (χ1v) is 8.19. The standard InChI is InChI=1S/C17H22N2O5/c20-14(19-11-6-7-11)8-12-15(21)16(22)13(24-12)9-18-17(23)10-4-2-1-3-5-10/h1-5,11-13,15-16,21-22H,6-9H2,(H,18,23)(H,19,20). The van der Waals surface area contributed by atoms with E-state index in [1.807, 2.05) is 6.07 Å². The molecule has 0 bridgehead atoms. The lowest BCUT2D eigenvalue weighted by Crippen LogP contribution is -2.40. The number of benzene rings is 1. The molecule has 4 atom stereocenters. The second-order valence-electron chi connectivity index (χ2n) is 6.32. The Kier molecular flexibility index (Phi) is 5.13. The fourth-order valence-corrected chi connectivity index (χ4v) is 2.74. The van der Waals surface area contributed by atoms with Gasteiger partial charge in [-0.3, -0.25) is 9.59 Å². The highest BCUT2D eigenvalue weighted by Gasteiger charge is 2.43. The number of nitrogens with one attached hydrogen (secondary N) is 2. The van der Waals surface area contributed by atoms with E-state index in [2.05, 4.69) is 10.6 Å². The van der Waals surface area contributed by atoms with E-state index in [1.54, 1.807) is 24.3 Å². The number of hydrogen-bond acceptors (Lipinski definition) is 5. The first kappa shape index (κ1) is 16.9. The van der Waals surface area contributed by atoms with Crippen LogP contribution in [0.15, 0.2) is 30.3 Å². The zero-order chi connectivity index (χ0) is 17.1. The van der Waals surface area contributed by atoms with Gasteiger partial charge in [0.25, 0.3) is 5.91 Å². The number of aliphatic hydroxyl groups excluding tert-OH is 2. The number of ether oxygens (including phenoxy) is 1. The maximum absolute atomic E-state index is 12.0. The summed E-state index contributed by atoms with van der Waals surface area (Å²) in [5, 5.41) is 25.6. The number of amides is 2. The van der Waals surface area contributed by atoms with Gasteiger partial charge in [0.1, 0.15) is 18.3 Å². The molecule has 1 saturated carbocycles. The summed E-state index contributed by atoms with van der Waals surface area (Å²) in [6, 6.07) is 8.93. The van der Waals surface area contributed by atoms with E-state index in [4.69, 9.17) is 4.74 Å². The van der Waals surface area contributed by atoms with E-state index in [9.17, 15) is 19.8 Å². The lowest BCUT2D eigenvalue weighted by atomic mass is 10.1. The van der Waals surface area contributed by atoms with Crippen LogP contribution in [0.1, 0.15) is 29.6 Å². The summed E-state index contributed by atoms with van der Waals surface area (Å²) in [5.74, 6) is -0.474. The van der Waals surface area contributed by atoms with E-state index in [-0.39, 0.29) is 30.8 Å². The molecule has 0 spiro atoms. The predicted molar refractivity (Wildman–Crippen MR) is 85.2 cm³/mol. The molecule has 1 aromatic carbocycles. The number of carbonyl (C=O) groups excluding carboxylic acids is 2. The smallest absolute Gasteiger partial charge is 0.251 e. The zero-order valence-corrected chi connectivity index (χ0v) is 13.2. The van der Waals surface area contributed by atoms with Crippen LogP contribution < -0.4 is 10.6 Å². The van der Waals surface area contributed by atoms with Crippen LogP contribution in [0.4, 0.5) is 0 Å². The molecule has 2 aliphatic rings. The van der Waals surface area contributed by atoms with E-state index in [0.29, 0.717) is 5.56 Å². The Morgan fingerprint density at radius 2 is 1.75 bits per heavy atom. The van der Waals surface area contributed by atoms with Crippen LogP contribution in [0.5, 0.6) is 0 Å². The van der Waals surface area contributed by atoms with E-state index in [1.165, 1.54) is 0 Å². The molecule has 1 heterocycles. The molecule has 1 aliphatic heterocycles. The minimum absolute atomic E-state index is 0.00212. The zero-order valence-electron chi connectivity index (χ0n) is 13.2. The van der Waals surface area contributed by atoms with Crippen molar-refractivity contribution in [3.63, 3.8) is 0 Å². The molecule has 1 aliphatic carbocycles. The van der Waals surface area contributed by atoms with Gasteiger partial charge in [-0.05, 0) is 25.0 Å². The number of aliphatic hydroxyl groups is 2. The highest BCUT2D eigenvalue weighted by molar-refractivity contribution is 5.94. The molecule has 2 fully saturated rings. The third-order valence-corrected chi connectivity index (χ3v) is 4.29. The molecule has 4 unspecified atom stereocenters. The monoisotopic (exact) mass is 334 g/mol. The molecule has 7 nitrogen and oxygen atoms in total. The minimum Gasteiger partial charge on any atom is -0.388 e. The van der Waals surface area contributed by atoms with E-state index in [0.717, 1.165) is 12.8 Å². The Morgan fingerprint density at radius 3 is 2.42 bits per heavy atom. The largest absolute Gasteiger partial charge is 0.388 e. The Labute approximate surface area is 140 Å². The molecule has 24 heavy (non-hydrogen) atoms. The summed E-state index contributed by atoms with van der Waals surface area (Å²) in [4.78, 5) is 23.8. The van der Waals surface area contributed by atoms with Crippen molar-refractivity contribution in [2.75, 3.05) is 6.54 Å². The maximum Gasteiger partial charge on any atom is 0.251 e. The van der Waals surface area contributed by atoms with Crippen molar-refractivity contribution in [3.05, 3.63) is 35.9 Å². The highest BCUT2D eigenvalue weighted by Crippen LogP contribution is 2.24. The van der Waals surface area contributed by atoms with Crippen LogP contribution in [0.3, 0.4) is 0 Å². The van der Waals surface area contributed by atoms with Gasteiger partial charge in [-0.15, -0.1) is 0 Å². The molecule has 0 radical (unpaired) electrons. The fraction of sp³-hybridized carbons (Fsp3) is 0.529. The van der Waals surface area contributed by atoms with Crippen LogP contribution in [-0.2, 0) is 9.53 Å². The van der Waals surface area contributed by atoms with Crippen LogP contribution in [0, 0.1) is 0 Å². The molecular formula is C17H22N2O5. The first-order valence-electron chi connectivity index (χ1n) is 8.19. The van der Waals surface area contributed by atoms with Crippen LogP contribution in [0.2, 0.25) is 0 Å². The maximum atomic E-state index is 12.0. The van der Waals surface area contributed by atoms with Gasteiger partial charge in [0.2, 0.25) is 5.91 Å². The van der Waals surface area contributed by atoms with Gasteiger partial charge in [-0.1, -0.05) is 18.2 Å². The number of hydrogen-bond donors (Lipinski definition) is 4. The van der Waals surface area contributed by atoms with Crippen molar-refractivity contribution in [1.29, 1.82) is 0 Å². The minimum atomic E-state index is -1.14. The summed E-state index contributed by atoms with van der Waals surface area (Å²) in [6.45, 7) is 0.0622. The highest BCUT2D eigenvalue weighted by atomic mass is 16.5. The third-order valence-electron chi connectivity index (χ3n) is 4.29. The van der Waals surface area contributed by atoms with Crippen LogP contribution in [-0.4, -0.2) is 59.0 Å². The van der Waals surface area contributed by atoms with Crippen molar-refractivity contribution < 1.29 is 24.5 Å². The molecule has 4 N–H and O–H groups in total. The molecule has 0 aromatic heterocycles. The second kappa shape index (κ2) is 7.29. The summed E-state index contributed by atoms with van der Waals surface area (Å²) in [7, 11) is 0. The SMILES string of the molecule is O=C(CC1OC(CNC(=O)c2ccccc2)C(O)C1O)NC1CC1. The normalized spacial score (nSPS) is 29.2. The van der Waals surface area contributed by atoms with Gasteiger partial charge >= 0.3 is 0 Å². The van der Waals surface area contributed by atoms with Gasteiger partial charge in [0.15, 0.2) is 0 Å². The van der Waals surface area contributed by atoms with Gasteiger partial charge in [0, 0.05) is 18.2 Å². The van der Waals surface area contributed by atoms with Crippen molar-refractivity contribution in [3.8, 4) is 0 Å². The van der Waals surface area contributed by atoms with Gasteiger partial charge in [-0.25, -0.2) is 0 Å². The van der Waals surface area contributed by atoms with E-state index >= 15 is 0 Å². The van der Waals surface area contributed by atoms with E-state index < -0.39 is 24.4 Å². The van der Waals surface area contributed by atoms with Crippen molar-refractivity contribution in [1.82, 2.24) is 10.6 Å². The Bertz CT molecular complexity index is 590. The van der Waals surface area contributed by atoms with Gasteiger partial charge in [-0.2, -0.15) is 0 Å². The van der Waals surface area contributed by atoms with Crippen LogP contribution in [0.25, 0.3) is 0 Å². The molecule has 130 valence electrons. The lowest BCUT2D eigenvalue weighted by molar-refractivity contribution is -0.125. The van der Waals surface area contributed by atoms with Gasteiger partial charge in [0.05, 0.1) is 12.5 Å². The summed E-state index contributed by atoms with van der Waals surface area (Å²) < 4.78 is 5.57. The Morgan fingerprint density at radius 1 is 1.08 bits per heavy atom. The van der Waals surface area contributed by atoms with Crippen molar-refractivity contribution >= 4 is 11.8 Å². The molecule has 1 aromatic rings. The van der Waals surface area contributed by atoms with Crippen molar-refractivity contribution in [2.45, 2.75) is 49.7 Å². The summed E-state index contributed by atoms with van der Waals surface area (Å²) >= 11 is 0. The van der Waals surface area contributed by atoms with Crippen molar-refractivity contribution in [2.24, 2.45) is 0 Å². The average Bonchev–Trinajstić information content (AvgIpc) is 3.36. The third kappa shape index (κ3) is 4.11. The van der Waals surface area contributed by atoms with Gasteiger partial charge < -0.3 is 25.6 Å². The topological polar surface area (TPSA) is 108 Å². The fourth-order valence-electron chi connectivity index (χ4n) is 2.74. The quantitative estimate of drug-likeness (QED) is 0.565. The Hall–Kier alpha value is -1.96.